The number of carbonyl (C=O) groups excluding carboxylic acids is 1. The van der Waals surface area contributed by atoms with Crippen LogP contribution in [0.25, 0.3) is 0 Å². The summed E-state index contributed by atoms with van der Waals surface area (Å²) in [5, 5.41) is 0. The number of nitrogens with zero attached hydrogens (tertiary/aromatic N) is 1. The van der Waals surface area contributed by atoms with Gasteiger partial charge >= 0.3 is 6.09 Å². The second-order valence-corrected chi connectivity index (χ2v) is 4.86. The molecule has 0 radical (unpaired) electrons. The first kappa shape index (κ1) is 13.4. The Balaban J connectivity index is 2.78. The third kappa shape index (κ3) is 3.66. The molecule has 0 saturated heterocycles. The Morgan fingerprint density at radius 3 is 2.53 bits per heavy atom. The normalized spacial score (nSPS) is 11.1. The minimum absolute atomic E-state index is 0.258. The molecule has 2 N–H and O–H groups in total. The number of benzene rings is 1. The van der Waals surface area contributed by atoms with Gasteiger partial charge in [-0.15, -0.1) is 0 Å². The van der Waals surface area contributed by atoms with Gasteiger partial charge in [0.25, 0.3) is 0 Å². The van der Waals surface area contributed by atoms with E-state index in [4.69, 9.17) is 10.5 Å². The van der Waals surface area contributed by atoms with Gasteiger partial charge in [-0.05, 0) is 39.8 Å². The molecule has 94 valence electrons. The maximum atomic E-state index is 12.0. The Kier molecular flexibility index (Phi) is 3.99. The van der Waals surface area contributed by atoms with Crippen LogP contribution in [-0.4, -0.2) is 23.1 Å². The third-order valence-electron chi connectivity index (χ3n) is 2.41. The molecule has 4 nitrogen and oxygen atoms in total. The molecule has 17 heavy (non-hydrogen) atoms. The fourth-order valence-corrected chi connectivity index (χ4v) is 1.61. The van der Waals surface area contributed by atoms with E-state index in [1.807, 2.05) is 27.7 Å². The average molecular weight is 236 g/mol. The van der Waals surface area contributed by atoms with E-state index in [1.54, 1.807) is 29.2 Å². The summed E-state index contributed by atoms with van der Waals surface area (Å²) in [6.07, 6.45) is -0.356. The molecular weight excluding hydrogens is 216 g/mol. The highest BCUT2D eigenvalue weighted by molar-refractivity contribution is 5.71. The lowest BCUT2D eigenvalue weighted by molar-refractivity contribution is 0.111. The monoisotopic (exact) mass is 236 g/mol. The predicted molar refractivity (Wildman–Crippen MR) is 69.0 cm³/mol. The zero-order valence-corrected chi connectivity index (χ0v) is 10.9. The largest absolute Gasteiger partial charge is 0.415 e. The zero-order valence-electron chi connectivity index (χ0n) is 10.9. The SMILES string of the molecule is CCN(C(=O)Oc1cccc(N)c1)C(C)(C)C. The lowest BCUT2D eigenvalue weighted by Crippen LogP contribution is -2.46. The van der Waals surface area contributed by atoms with Crippen molar-refractivity contribution in [2.24, 2.45) is 0 Å². The Hall–Kier alpha value is -1.71. The van der Waals surface area contributed by atoms with Gasteiger partial charge in [0.1, 0.15) is 5.75 Å². The number of hydrogen-bond acceptors (Lipinski definition) is 3. The van der Waals surface area contributed by atoms with E-state index < -0.39 is 0 Å². The summed E-state index contributed by atoms with van der Waals surface area (Å²) in [7, 11) is 0. The number of nitrogen functional groups attached to an aromatic ring is 1. The van der Waals surface area contributed by atoms with Crippen LogP contribution in [0.2, 0.25) is 0 Å². The minimum atomic E-state index is -0.356. The van der Waals surface area contributed by atoms with Crippen LogP contribution < -0.4 is 10.5 Å². The molecular formula is C13H20N2O2. The molecule has 4 heteroatoms. The topological polar surface area (TPSA) is 55.6 Å². The second-order valence-electron chi connectivity index (χ2n) is 4.86. The standard InChI is InChI=1S/C13H20N2O2/c1-5-15(13(2,3)4)12(16)17-11-8-6-7-10(14)9-11/h6-9H,5,14H2,1-4H3. The van der Waals surface area contributed by atoms with Crippen LogP contribution in [0.1, 0.15) is 27.7 Å². The lowest BCUT2D eigenvalue weighted by Gasteiger charge is -2.33. The predicted octanol–water partition coefficient (Wildman–Crippen LogP) is 2.89. The zero-order chi connectivity index (χ0) is 13.1. The van der Waals surface area contributed by atoms with Gasteiger partial charge in [-0.1, -0.05) is 6.07 Å². The molecule has 0 bridgehead atoms. The van der Waals surface area contributed by atoms with Crippen molar-refractivity contribution in [1.29, 1.82) is 0 Å². The summed E-state index contributed by atoms with van der Waals surface area (Å²) in [5.74, 6) is 0.470. The van der Waals surface area contributed by atoms with E-state index >= 15 is 0 Å². The molecule has 0 unspecified atom stereocenters. The summed E-state index contributed by atoms with van der Waals surface area (Å²) in [6, 6.07) is 6.85. The maximum Gasteiger partial charge on any atom is 0.415 e. The van der Waals surface area contributed by atoms with E-state index in [-0.39, 0.29) is 11.6 Å². The van der Waals surface area contributed by atoms with Gasteiger partial charge in [0.05, 0.1) is 0 Å². The second kappa shape index (κ2) is 5.08. The van der Waals surface area contributed by atoms with Crippen molar-refractivity contribution in [2.75, 3.05) is 12.3 Å². The molecule has 1 amide bonds. The fourth-order valence-electron chi connectivity index (χ4n) is 1.61. The van der Waals surface area contributed by atoms with Crippen molar-refractivity contribution in [3.63, 3.8) is 0 Å². The van der Waals surface area contributed by atoms with Crippen molar-refractivity contribution in [3.05, 3.63) is 24.3 Å². The minimum Gasteiger partial charge on any atom is -0.410 e. The molecule has 0 aromatic heterocycles. The maximum absolute atomic E-state index is 12.0. The Morgan fingerprint density at radius 2 is 2.06 bits per heavy atom. The van der Waals surface area contributed by atoms with Crippen molar-refractivity contribution in [2.45, 2.75) is 33.2 Å². The summed E-state index contributed by atoms with van der Waals surface area (Å²) < 4.78 is 5.28. The number of carbonyl (C=O) groups is 1. The van der Waals surface area contributed by atoms with Crippen LogP contribution in [0.4, 0.5) is 10.5 Å². The summed E-state index contributed by atoms with van der Waals surface area (Å²) in [6.45, 7) is 8.43. The van der Waals surface area contributed by atoms with Gasteiger partial charge in [0.2, 0.25) is 0 Å². The van der Waals surface area contributed by atoms with Gasteiger partial charge in [0.15, 0.2) is 0 Å². The highest BCUT2D eigenvalue weighted by atomic mass is 16.6. The molecule has 0 aliphatic rings. The Bertz CT molecular complexity index is 397. The number of rotatable bonds is 2. The Morgan fingerprint density at radius 1 is 1.41 bits per heavy atom. The number of nitrogens with two attached hydrogens (primary N) is 1. The molecule has 0 aliphatic carbocycles. The first-order valence-electron chi connectivity index (χ1n) is 5.69. The van der Waals surface area contributed by atoms with Crippen molar-refractivity contribution in [1.82, 2.24) is 4.90 Å². The average Bonchev–Trinajstić information content (AvgIpc) is 2.15. The fraction of sp³-hybridized carbons (Fsp3) is 0.462. The van der Waals surface area contributed by atoms with Crippen LogP contribution in [0, 0.1) is 0 Å². The van der Waals surface area contributed by atoms with E-state index in [0.717, 1.165) is 0 Å². The van der Waals surface area contributed by atoms with Crippen molar-refractivity contribution in [3.8, 4) is 5.75 Å². The number of hydrogen-bond donors (Lipinski definition) is 1. The molecule has 0 spiro atoms. The molecule has 0 heterocycles. The van der Waals surface area contributed by atoms with Gasteiger partial charge in [-0.25, -0.2) is 4.79 Å². The van der Waals surface area contributed by atoms with Crippen molar-refractivity contribution >= 4 is 11.8 Å². The lowest BCUT2D eigenvalue weighted by atomic mass is 10.1. The molecule has 0 fully saturated rings. The quantitative estimate of drug-likeness (QED) is 0.803. The van der Waals surface area contributed by atoms with Gasteiger partial charge in [-0.3, -0.25) is 0 Å². The molecule has 0 saturated carbocycles. The number of ether oxygens (including phenoxy) is 1. The van der Waals surface area contributed by atoms with Crippen molar-refractivity contribution < 1.29 is 9.53 Å². The van der Waals surface area contributed by atoms with E-state index in [1.165, 1.54) is 0 Å². The summed E-state index contributed by atoms with van der Waals surface area (Å²) in [4.78, 5) is 13.6. The summed E-state index contributed by atoms with van der Waals surface area (Å²) >= 11 is 0. The third-order valence-corrected chi connectivity index (χ3v) is 2.41. The van der Waals surface area contributed by atoms with Gasteiger partial charge < -0.3 is 15.4 Å². The van der Waals surface area contributed by atoms with Crippen LogP contribution >= 0.6 is 0 Å². The van der Waals surface area contributed by atoms with Gasteiger partial charge in [-0.2, -0.15) is 0 Å². The van der Waals surface area contributed by atoms with E-state index in [2.05, 4.69) is 0 Å². The molecule has 1 rings (SSSR count). The summed E-state index contributed by atoms with van der Waals surface area (Å²) in [5.41, 5.74) is 5.94. The highest BCUT2D eigenvalue weighted by Gasteiger charge is 2.26. The Labute approximate surface area is 102 Å². The highest BCUT2D eigenvalue weighted by Crippen LogP contribution is 2.19. The van der Waals surface area contributed by atoms with Crippen LogP contribution in [0.3, 0.4) is 0 Å². The van der Waals surface area contributed by atoms with E-state index in [9.17, 15) is 4.79 Å². The molecule has 1 aromatic rings. The first-order valence-corrected chi connectivity index (χ1v) is 5.69. The number of amides is 1. The van der Waals surface area contributed by atoms with E-state index in [0.29, 0.717) is 18.0 Å². The smallest absolute Gasteiger partial charge is 0.410 e. The molecule has 1 aromatic carbocycles. The van der Waals surface area contributed by atoms with Gasteiger partial charge in [0, 0.05) is 23.8 Å². The molecule has 0 aliphatic heterocycles. The first-order chi connectivity index (χ1) is 7.84. The molecule has 0 atom stereocenters. The van der Waals surface area contributed by atoms with Crippen LogP contribution in [-0.2, 0) is 0 Å². The van der Waals surface area contributed by atoms with Crippen LogP contribution in [0.5, 0.6) is 5.75 Å². The number of anilines is 1. The van der Waals surface area contributed by atoms with Crippen LogP contribution in [0.15, 0.2) is 24.3 Å².